The van der Waals surface area contributed by atoms with Gasteiger partial charge in [-0.05, 0) is 42.1 Å². The minimum Gasteiger partial charge on any atom is -0.477 e. The van der Waals surface area contributed by atoms with E-state index in [9.17, 15) is 14.7 Å². The van der Waals surface area contributed by atoms with E-state index in [4.69, 9.17) is 0 Å². The second-order valence-corrected chi connectivity index (χ2v) is 6.69. The first-order valence-corrected chi connectivity index (χ1v) is 8.90. The fourth-order valence-electron chi connectivity index (χ4n) is 3.18. The number of hydrogen-bond donors (Lipinski definition) is 1. The van der Waals surface area contributed by atoms with E-state index in [1.807, 2.05) is 48.2 Å². The van der Waals surface area contributed by atoms with Crippen molar-refractivity contribution in [3.8, 4) is 0 Å². The van der Waals surface area contributed by atoms with Crippen LogP contribution in [0.3, 0.4) is 0 Å². The zero-order valence-electron chi connectivity index (χ0n) is 13.5. The maximum atomic E-state index is 12.8. The third-order valence-corrected chi connectivity index (χ3v) is 5.35. The van der Waals surface area contributed by atoms with E-state index in [0.29, 0.717) is 24.5 Å². The third-order valence-electron chi connectivity index (χ3n) is 4.41. The number of nitrogens with zero attached hydrogens (tertiary/aromatic N) is 2. The van der Waals surface area contributed by atoms with E-state index >= 15 is 0 Å². The molecular formula is C18H20N2O3S. The molecule has 1 unspecified atom stereocenters. The summed E-state index contributed by atoms with van der Waals surface area (Å²) >= 11 is 1.23. The highest BCUT2D eigenvalue weighted by Gasteiger charge is 2.36. The standard InChI is InChI=1S/C18H20N2O3S/c1-2-19(12-13-9-11-24-16(13)18(22)23)15-8-10-20(17(15)21)14-6-4-3-5-7-14/h3-7,9,11,15H,2,8,10,12H2,1H3,(H,22,23). The van der Waals surface area contributed by atoms with E-state index in [1.54, 1.807) is 5.38 Å². The Morgan fingerprint density at radius 1 is 1.33 bits per heavy atom. The highest BCUT2D eigenvalue weighted by Crippen LogP contribution is 2.26. The number of thiophene rings is 1. The van der Waals surface area contributed by atoms with Crippen LogP contribution in [-0.2, 0) is 11.3 Å². The van der Waals surface area contributed by atoms with E-state index in [0.717, 1.165) is 17.7 Å². The van der Waals surface area contributed by atoms with Gasteiger partial charge in [0.25, 0.3) is 0 Å². The molecule has 0 saturated carbocycles. The van der Waals surface area contributed by atoms with Gasteiger partial charge in [0.15, 0.2) is 0 Å². The van der Waals surface area contributed by atoms with Crippen molar-refractivity contribution in [2.75, 3.05) is 18.0 Å². The minimum absolute atomic E-state index is 0.0927. The van der Waals surface area contributed by atoms with Gasteiger partial charge in [0.2, 0.25) is 5.91 Å². The summed E-state index contributed by atoms with van der Waals surface area (Å²) in [6, 6.07) is 11.3. The topological polar surface area (TPSA) is 60.9 Å². The summed E-state index contributed by atoms with van der Waals surface area (Å²) in [5, 5.41) is 11.1. The Bertz CT molecular complexity index is 729. The largest absolute Gasteiger partial charge is 0.477 e. The Hall–Kier alpha value is -2.18. The van der Waals surface area contributed by atoms with Crippen LogP contribution >= 0.6 is 11.3 Å². The second-order valence-electron chi connectivity index (χ2n) is 5.77. The van der Waals surface area contributed by atoms with Gasteiger partial charge in [0, 0.05) is 18.8 Å². The van der Waals surface area contributed by atoms with E-state index in [-0.39, 0.29) is 11.9 Å². The molecule has 126 valence electrons. The summed E-state index contributed by atoms with van der Waals surface area (Å²) in [7, 11) is 0. The summed E-state index contributed by atoms with van der Waals surface area (Å²) in [5.74, 6) is -0.810. The molecule has 24 heavy (non-hydrogen) atoms. The maximum absolute atomic E-state index is 12.8. The fraction of sp³-hybridized carbons (Fsp3) is 0.333. The van der Waals surface area contributed by atoms with Crippen LogP contribution in [0.5, 0.6) is 0 Å². The summed E-state index contributed by atoms with van der Waals surface area (Å²) in [4.78, 5) is 28.4. The molecular weight excluding hydrogens is 324 g/mol. The normalized spacial score (nSPS) is 17.7. The van der Waals surface area contributed by atoms with Crippen LogP contribution in [0.4, 0.5) is 5.69 Å². The van der Waals surface area contributed by atoms with Crippen molar-refractivity contribution in [3.05, 3.63) is 52.2 Å². The van der Waals surface area contributed by atoms with E-state index in [2.05, 4.69) is 4.90 Å². The molecule has 1 aliphatic rings. The summed E-state index contributed by atoms with van der Waals surface area (Å²) in [6.45, 7) is 3.89. The minimum atomic E-state index is -0.903. The molecule has 5 nitrogen and oxygen atoms in total. The molecule has 0 aliphatic carbocycles. The van der Waals surface area contributed by atoms with Gasteiger partial charge in [-0.15, -0.1) is 11.3 Å². The number of carbonyl (C=O) groups excluding carboxylic acids is 1. The molecule has 3 rings (SSSR count). The lowest BCUT2D eigenvalue weighted by Crippen LogP contribution is -2.41. The molecule has 2 heterocycles. The molecule has 0 spiro atoms. The smallest absolute Gasteiger partial charge is 0.346 e. The Kier molecular flexibility index (Phi) is 4.97. The van der Waals surface area contributed by atoms with Crippen LogP contribution in [-0.4, -0.2) is 41.0 Å². The number of rotatable bonds is 6. The van der Waals surface area contributed by atoms with Crippen LogP contribution in [0.15, 0.2) is 41.8 Å². The number of hydrogen-bond acceptors (Lipinski definition) is 4. The van der Waals surface area contributed by atoms with Gasteiger partial charge >= 0.3 is 5.97 Å². The van der Waals surface area contributed by atoms with Gasteiger partial charge in [0.05, 0.1) is 6.04 Å². The Balaban J connectivity index is 1.76. The van der Waals surface area contributed by atoms with Crippen molar-refractivity contribution in [1.82, 2.24) is 4.90 Å². The molecule has 1 atom stereocenters. The number of carbonyl (C=O) groups is 2. The van der Waals surface area contributed by atoms with Gasteiger partial charge in [-0.1, -0.05) is 25.1 Å². The van der Waals surface area contributed by atoms with Crippen molar-refractivity contribution in [2.45, 2.75) is 25.9 Å². The van der Waals surface area contributed by atoms with Crippen molar-refractivity contribution >= 4 is 28.9 Å². The van der Waals surface area contributed by atoms with Crippen molar-refractivity contribution in [3.63, 3.8) is 0 Å². The average molecular weight is 344 g/mol. The molecule has 1 aromatic heterocycles. The molecule has 1 aliphatic heterocycles. The number of carboxylic acid groups (broad SMARTS) is 1. The number of likely N-dealkylation sites (N-methyl/N-ethyl adjacent to an activating group) is 1. The van der Waals surface area contributed by atoms with Gasteiger partial charge in [-0.2, -0.15) is 0 Å². The lowest BCUT2D eigenvalue weighted by atomic mass is 10.1. The third kappa shape index (κ3) is 3.20. The monoisotopic (exact) mass is 344 g/mol. The molecule has 6 heteroatoms. The highest BCUT2D eigenvalue weighted by atomic mass is 32.1. The van der Waals surface area contributed by atoms with E-state index < -0.39 is 5.97 Å². The van der Waals surface area contributed by atoms with Crippen molar-refractivity contribution in [2.24, 2.45) is 0 Å². The van der Waals surface area contributed by atoms with Gasteiger partial charge in [0.1, 0.15) is 4.88 Å². The molecule has 1 N–H and O–H groups in total. The number of benzene rings is 1. The predicted molar refractivity (Wildman–Crippen MR) is 94.6 cm³/mol. The Morgan fingerprint density at radius 3 is 2.75 bits per heavy atom. The number of carboxylic acids is 1. The molecule has 1 fully saturated rings. The second kappa shape index (κ2) is 7.15. The number of amides is 1. The molecule has 1 aromatic carbocycles. The number of aromatic carboxylic acids is 1. The summed E-state index contributed by atoms with van der Waals surface area (Å²) in [5.41, 5.74) is 1.70. The van der Waals surface area contributed by atoms with Crippen molar-refractivity contribution < 1.29 is 14.7 Å². The first-order chi connectivity index (χ1) is 11.6. The molecule has 2 aromatic rings. The van der Waals surface area contributed by atoms with Crippen molar-refractivity contribution in [1.29, 1.82) is 0 Å². The van der Waals surface area contributed by atoms with Crippen LogP contribution < -0.4 is 4.90 Å². The van der Waals surface area contributed by atoms with Crippen LogP contribution in [0.2, 0.25) is 0 Å². The van der Waals surface area contributed by atoms with Gasteiger partial charge < -0.3 is 10.0 Å². The summed E-state index contributed by atoms with van der Waals surface area (Å²) in [6.07, 6.45) is 0.758. The zero-order valence-corrected chi connectivity index (χ0v) is 14.3. The highest BCUT2D eigenvalue weighted by molar-refractivity contribution is 7.12. The lowest BCUT2D eigenvalue weighted by molar-refractivity contribution is -0.121. The SMILES string of the molecule is CCN(Cc1ccsc1C(=O)O)C1CCN(c2ccccc2)C1=O. The Morgan fingerprint density at radius 2 is 2.08 bits per heavy atom. The molecule has 0 bridgehead atoms. The first kappa shape index (κ1) is 16.7. The summed E-state index contributed by atoms with van der Waals surface area (Å²) < 4.78 is 0. The van der Waals surface area contributed by atoms with Gasteiger partial charge in [-0.3, -0.25) is 9.69 Å². The molecule has 1 amide bonds. The molecule has 1 saturated heterocycles. The Labute approximate surface area is 145 Å². The maximum Gasteiger partial charge on any atom is 0.346 e. The van der Waals surface area contributed by atoms with Crippen LogP contribution in [0.1, 0.15) is 28.6 Å². The quantitative estimate of drug-likeness (QED) is 0.875. The first-order valence-electron chi connectivity index (χ1n) is 8.02. The number of anilines is 1. The fourth-order valence-corrected chi connectivity index (χ4v) is 3.93. The number of para-hydroxylation sites is 1. The molecule has 0 radical (unpaired) electrons. The zero-order chi connectivity index (χ0) is 17.1. The van der Waals surface area contributed by atoms with Gasteiger partial charge in [-0.25, -0.2) is 4.79 Å². The van der Waals surface area contributed by atoms with Crippen LogP contribution in [0, 0.1) is 0 Å². The lowest BCUT2D eigenvalue weighted by Gasteiger charge is -2.26. The van der Waals surface area contributed by atoms with Crippen LogP contribution in [0.25, 0.3) is 0 Å². The van der Waals surface area contributed by atoms with E-state index in [1.165, 1.54) is 11.3 Å². The predicted octanol–water partition coefficient (Wildman–Crippen LogP) is 3.07. The average Bonchev–Trinajstić information content (AvgIpc) is 3.20.